The van der Waals surface area contributed by atoms with Gasteiger partial charge in [-0.05, 0) is 5.41 Å². The molecule has 2 atom stereocenters. The number of likely N-dealkylation sites (N-methyl/N-ethyl adjacent to an activating group) is 1. The maximum atomic E-state index is 12.0. The van der Waals surface area contributed by atoms with E-state index in [-0.39, 0.29) is 11.4 Å². The zero-order valence-corrected chi connectivity index (χ0v) is 10.1. The second kappa shape index (κ2) is 3.37. The summed E-state index contributed by atoms with van der Waals surface area (Å²) in [7, 11) is 1.93. The molecule has 0 bridgehead atoms. The average molecular weight is 211 g/mol. The first-order valence-electron chi connectivity index (χ1n) is 5.67. The molecule has 2 amide bonds. The van der Waals surface area contributed by atoms with Gasteiger partial charge in [0.25, 0.3) is 0 Å². The summed E-state index contributed by atoms with van der Waals surface area (Å²) < 4.78 is 0. The van der Waals surface area contributed by atoms with E-state index >= 15 is 0 Å². The Bertz CT molecular complexity index is 271. The predicted octanol–water partition coefficient (Wildman–Crippen LogP) is 0.740. The zero-order valence-electron chi connectivity index (χ0n) is 10.1. The van der Waals surface area contributed by atoms with Crippen LogP contribution in [0.3, 0.4) is 0 Å². The molecule has 2 fully saturated rings. The van der Waals surface area contributed by atoms with Gasteiger partial charge in [-0.15, -0.1) is 0 Å². The Morgan fingerprint density at radius 3 is 2.67 bits per heavy atom. The summed E-state index contributed by atoms with van der Waals surface area (Å²) in [6, 6.07) is 0.857. The van der Waals surface area contributed by atoms with Crippen molar-refractivity contribution in [3.63, 3.8) is 0 Å². The molecule has 2 aliphatic rings. The van der Waals surface area contributed by atoms with Crippen molar-refractivity contribution < 1.29 is 4.79 Å². The number of urea groups is 1. The quantitative estimate of drug-likeness (QED) is 0.641. The van der Waals surface area contributed by atoms with Crippen molar-refractivity contribution in [2.45, 2.75) is 32.9 Å². The van der Waals surface area contributed by atoms with Crippen molar-refractivity contribution in [3.05, 3.63) is 0 Å². The maximum absolute atomic E-state index is 12.0. The number of hydrogen-bond acceptors (Lipinski definition) is 2. The molecule has 1 N–H and O–H groups in total. The van der Waals surface area contributed by atoms with Crippen LogP contribution in [0.25, 0.3) is 0 Å². The number of rotatable bonds is 0. The number of piperazine rings is 1. The minimum absolute atomic E-state index is 0.142. The number of nitrogens with one attached hydrogen (secondary N) is 1. The average Bonchev–Trinajstić information content (AvgIpc) is 2.39. The number of amides is 2. The molecule has 0 aliphatic carbocycles. The Balaban J connectivity index is 2.27. The minimum atomic E-state index is 0.142. The largest absolute Gasteiger partial charge is 0.322 e. The van der Waals surface area contributed by atoms with Crippen LogP contribution in [0, 0.1) is 5.41 Å². The van der Waals surface area contributed by atoms with E-state index in [1.807, 2.05) is 16.8 Å². The molecule has 0 aromatic heterocycles. The summed E-state index contributed by atoms with van der Waals surface area (Å²) in [6.45, 7) is 9.32. The van der Waals surface area contributed by atoms with E-state index in [1.165, 1.54) is 0 Å². The summed E-state index contributed by atoms with van der Waals surface area (Å²) in [5.41, 5.74) is 0.142. The Morgan fingerprint density at radius 2 is 2.07 bits per heavy atom. The molecule has 2 rings (SSSR count). The van der Waals surface area contributed by atoms with Crippen LogP contribution in [0.15, 0.2) is 0 Å². The van der Waals surface area contributed by atoms with Crippen LogP contribution in [0.1, 0.15) is 20.8 Å². The highest BCUT2D eigenvalue weighted by molar-refractivity contribution is 5.78. The Hall–Kier alpha value is -0.770. The molecule has 0 aromatic rings. The highest BCUT2D eigenvalue weighted by atomic mass is 16.2. The zero-order chi connectivity index (χ0) is 11.2. The van der Waals surface area contributed by atoms with E-state index < -0.39 is 0 Å². The number of carbonyl (C=O) groups is 1. The van der Waals surface area contributed by atoms with Crippen LogP contribution in [0.4, 0.5) is 4.79 Å². The lowest BCUT2D eigenvalue weighted by atomic mass is 9.82. The highest BCUT2D eigenvalue weighted by Crippen LogP contribution is 2.34. The molecule has 0 spiro atoms. The highest BCUT2D eigenvalue weighted by Gasteiger charge is 2.49. The second-order valence-corrected chi connectivity index (χ2v) is 5.67. The summed E-state index contributed by atoms with van der Waals surface area (Å²) in [4.78, 5) is 16.0. The lowest BCUT2D eigenvalue weighted by molar-refractivity contribution is 0.142. The number of nitrogens with zero attached hydrogens (tertiary/aromatic N) is 2. The number of fused-ring (bicyclic) bond motifs is 1. The van der Waals surface area contributed by atoms with E-state index in [1.54, 1.807) is 0 Å². The summed E-state index contributed by atoms with van der Waals surface area (Å²) in [6.07, 6.45) is 0. The fourth-order valence-corrected chi connectivity index (χ4v) is 2.98. The smallest absolute Gasteiger partial charge is 0.320 e. The molecular formula is C11H21N3O. The van der Waals surface area contributed by atoms with E-state index in [0.29, 0.717) is 12.1 Å². The Labute approximate surface area is 91.6 Å². The molecule has 0 aromatic carbocycles. The van der Waals surface area contributed by atoms with Crippen LogP contribution in [0.5, 0.6) is 0 Å². The first-order valence-corrected chi connectivity index (χ1v) is 5.67. The van der Waals surface area contributed by atoms with Crippen LogP contribution in [-0.2, 0) is 0 Å². The van der Waals surface area contributed by atoms with Crippen molar-refractivity contribution in [1.29, 1.82) is 0 Å². The summed E-state index contributed by atoms with van der Waals surface area (Å²) in [5, 5.41) is 3.38. The lowest BCUT2D eigenvalue weighted by Gasteiger charge is -2.38. The van der Waals surface area contributed by atoms with Gasteiger partial charge in [-0.2, -0.15) is 0 Å². The van der Waals surface area contributed by atoms with E-state index in [4.69, 9.17) is 0 Å². The SMILES string of the molecule is CN1C(=O)N2CCNCC2C1C(C)(C)C. The van der Waals surface area contributed by atoms with Crippen molar-refractivity contribution in [2.75, 3.05) is 26.7 Å². The van der Waals surface area contributed by atoms with Gasteiger partial charge in [-0.25, -0.2) is 4.79 Å². The minimum Gasteiger partial charge on any atom is -0.322 e. The van der Waals surface area contributed by atoms with E-state index in [2.05, 4.69) is 26.1 Å². The lowest BCUT2D eigenvalue weighted by Crippen LogP contribution is -2.54. The summed E-state index contributed by atoms with van der Waals surface area (Å²) >= 11 is 0. The third kappa shape index (κ3) is 1.61. The molecule has 86 valence electrons. The first kappa shape index (κ1) is 10.7. The van der Waals surface area contributed by atoms with Gasteiger partial charge < -0.3 is 15.1 Å². The van der Waals surface area contributed by atoms with Crippen LogP contribution < -0.4 is 5.32 Å². The molecule has 0 saturated carbocycles. The van der Waals surface area contributed by atoms with Gasteiger partial charge in [0.2, 0.25) is 0 Å². The third-order valence-electron chi connectivity index (χ3n) is 3.50. The van der Waals surface area contributed by atoms with Gasteiger partial charge in [-0.3, -0.25) is 0 Å². The van der Waals surface area contributed by atoms with Crippen LogP contribution >= 0.6 is 0 Å². The molecular weight excluding hydrogens is 190 g/mol. The fourth-order valence-electron chi connectivity index (χ4n) is 2.98. The van der Waals surface area contributed by atoms with Crippen LogP contribution in [-0.4, -0.2) is 54.6 Å². The molecule has 0 radical (unpaired) electrons. The van der Waals surface area contributed by atoms with Gasteiger partial charge in [0.1, 0.15) is 0 Å². The molecule has 15 heavy (non-hydrogen) atoms. The molecule has 4 heteroatoms. The molecule has 2 unspecified atom stereocenters. The van der Waals surface area contributed by atoms with Gasteiger partial charge in [0.15, 0.2) is 0 Å². The van der Waals surface area contributed by atoms with Crippen molar-refractivity contribution in [1.82, 2.24) is 15.1 Å². The number of carbonyl (C=O) groups excluding carboxylic acids is 1. The third-order valence-corrected chi connectivity index (χ3v) is 3.50. The fraction of sp³-hybridized carbons (Fsp3) is 0.909. The topological polar surface area (TPSA) is 35.6 Å². The van der Waals surface area contributed by atoms with Gasteiger partial charge in [0.05, 0.1) is 12.1 Å². The van der Waals surface area contributed by atoms with E-state index in [9.17, 15) is 4.79 Å². The predicted molar refractivity (Wildman–Crippen MR) is 59.8 cm³/mol. The molecule has 2 aliphatic heterocycles. The molecule has 2 heterocycles. The van der Waals surface area contributed by atoms with E-state index in [0.717, 1.165) is 19.6 Å². The van der Waals surface area contributed by atoms with Crippen molar-refractivity contribution in [2.24, 2.45) is 5.41 Å². The second-order valence-electron chi connectivity index (χ2n) is 5.67. The Kier molecular flexibility index (Phi) is 2.41. The molecule has 2 saturated heterocycles. The standard InChI is InChI=1S/C11H21N3O/c1-11(2,3)9-8-7-12-5-6-14(8)10(15)13(9)4/h8-9,12H,5-7H2,1-4H3. The van der Waals surface area contributed by atoms with Gasteiger partial charge >= 0.3 is 6.03 Å². The monoisotopic (exact) mass is 211 g/mol. The maximum Gasteiger partial charge on any atom is 0.320 e. The summed E-state index contributed by atoms with van der Waals surface area (Å²) in [5.74, 6) is 0. The van der Waals surface area contributed by atoms with Gasteiger partial charge in [-0.1, -0.05) is 20.8 Å². The number of hydrogen-bond donors (Lipinski definition) is 1. The normalized spacial score (nSPS) is 32.1. The Morgan fingerprint density at radius 1 is 1.40 bits per heavy atom. The van der Waals surface area contributed by atoms with Crippen molar-refractivity contribution in [3.8, 4) is 0 Å². The molecule has 4 nitrogen and oxygen atoms in total. The van der Waals surface area contributed by atoms with Gasteiger partial charge in [0, 0.05) is 26.7 Å². The van der Waals surface area contributed by atoms with Crippen molar-refractivity contribution >= 4 is 6.03 Å². The van der Waals surface area contributed by atoms with Crippen LogP contribution in [0.2, 0.25) is 0 Å². The first-order chi connectivity index (χ1) is 6.93.